The van der Waals surface area contributed by atoms with Crippen LogP contribution in [0.4, 0.5) is 5.69 Å². The van der Waals surface area contributed by atoms with E-state index in [0.717, 1.165) is 28.3 Å². The molecule has 0 bridgehead atoms. The first-order valence-electron chi connectivity index (χ1n) is 9.44. The fourth-order valence-electron chi connectivity index (χ4n) is 2.95. The van der Waals surface area contributed by atoms with Crippen molar-refractivity contribution in [1.82, 2.24) is 5.32 Å². The summed E-state index contributed by atoms with van der Waals surface area (Å²) in [5.74, 6) is 0.480. The molecule has 0 saturated carbocycles. The van der Waals surface area contributed by atoms with Gasteiger partial charge in [-0.05, 0) is 56.0 Å². The first-order valence-corrected chi connectivity index (χ1v) is 11.7. The molecule has 2 rings (SSSR count). The van der Waals surface area contributed by atoms with Crippen LogP contribution in [0.3, 0.4) is 0 Å². The van der Waals surface area contributed by atoms with Crippen LogP contribution in [-0.2, 0) is 21.2 Å². The number of ether oxygens (including phenoxy) is 1. The van der Waals surface area contributed by atoms with Crippen molar-refractivity contribution in [3.05, 3.63) is 58.6 Å². The van der Waals surface area contributed by atoms with Crippen LogP contribution in [0.1, 0.15) is 24.5 Å². The summed E-state index contributed by atoms with van der Waals surface area (Å²) in [5, 5.41) is 3.24. The topological polar surface area (TPSA) is 75.7 Å². The summed E-state index contributed by atoms with van der Waals surface area (Å²) in [6, 6.07) is 12.8. The van der Waals surface area contributed by atoms with Gasteiger partial charge in [-0.2, -0.15) is 0 Å². The molecule has 0 fully saturated rings. The van der Waals surface area contributed by atoms with Crippen LogP contribution in [0.5, 0.6) is 5.75 Å². The lowest BCUT2D eigenvalue weighted by molar-refractivity contribution is -0.119. The van der Waals surface area contributed by atoms with Gasteiger partial charge in [-0.15, -0.1) is 0 Å². The number of halogens is 1. The maximum Gasteiger partial charge on any atom is 0.240 e. The molecule has 0 atom stereocenters. The van der Waals surface area contributed by atoms with E-state index in [1.165, 1.54) is 0 Å². The number of nitrogens with zero attached hydrogens (tertiary/aromatic N) is 1. The maximum absolute atomic E-state index is 12.4. The van der Waals surface area contributed by atoms with E-state index in [4.69, 9.17) is 16.3 Å². The van der Waals surface area contributed by atoms with Crippen molar-refractivity contribution >= 4 is 33.2 Å². The van der Waals surface area contributed by atoms with Gasteiger partial charge in [-0.3, -0.25) is 9.10 Å². The van der Waals surface area contributed by atoms with Crippen LogP contribution in [0.2, 0.25) is 5.02 Å². The Morgan fingerprint density at radius 3 is 2.59 bits per heavy atom. The smallest absolute Gasteiger partial charge is 0.240 e. The van der Waals surface area contributed by atoms with Gasteiger partial charge in [0.2, 0.25) is 15.9 Å². The number of rotatable bonds is 10. The second kappa shape index (κ2) is 10.5. The van der Waals surface area contributed by atoms with Gasteiger partial charge in [0, 0.05) is 11.6 Å². The zero-order valence-electron chi connectivity index (χ0n) is 16.9. The largest absolute Gasteiger partial charge is 0.494 e. The molecule has 0 saturated heterocycles. The van der Waals surface area contributed by atoms with Crippen molar-refractivity contribution in [1.29, 1.82) is 0 Å². The first-order chi connectivity index (χ1) is 13.7. The predicted molar refractivity (Wildman–Crippen MR) is 117 cm³/mol. The van der Waals surface area contributed by atoms with Crippen molar-refractivity contribution in [2.75, 3.05) is 30.3 Å². The molecule has 1 N–H and O–H groups in total. The van der Waals surface area contributed by atoms with E-state index in [1.807, 2.05) is 31.2 Å². The van der Waals surface area contributed by atoms with Gasteiger partial charge in [0.15, 0.2) is 0 Å². The lowest BCUT2D eigenvalue weighted by atomic mass is 10.1. The van der Waals surface area contributed by atoms with Crippen molar-refractivity contribution in [3.8, 4) is 5.75 Å². The highest BCUT2D eigenvalue weighted by Gasteiger charge is 2.22. The fraction of sp³-hybridized carbons (Fsp3) is 0.381. The third-order valence-corrected chi connectivity index (χ3v) is 5.95. The van der Waals surface area contributed by atoms with Crippen molar-refractivity contribution in [3.63, 3.8) is 0 Å². The number of hydrogen-bond acceptors (Lipinski definition) is 4. The van der Waals surface area contributed by atoms with E-state index in [2.05, 4.69) is 5.32 Å². The summed E-state index contributed by atoms with van der Waals surface area (Å²) in [7, 11) is -3.64. The van der Waals surface area contributed by atoms with E-state index in [1.54, 1.807) is 25.1 Å². The molecule has 0 aliphatic heterocycles. The summed E-state index contributed by atoms with van der Waals surface area (Å²) in [5.41, 5.74) is 2.09. The van der Waals surface area contributed by atoms with E-state index in [-0.39, 0.29) is 12.5 Å². The average Bonchev–Trinajstić information content (AvgIpc) is 2.66. The zero-order valence-corrected chi connectivity index (χ0v) is 18.5. The number of amides is 1. The van der Waals surface area contributed by atoms with Crippen molar-refractivity contribution in [2.45, 2.75) is 26.7 Å². The molecule has 0 heterocycles. The highest BCUT2D eigenvalue weighted by Crippen LogP contribution is 2.28. The molecule has 0 aromatic heterocycles. The molecule has 6 nitrogen and oxygen atoms in total. The molecule has 0 aliphatic rings. The maximum atomic E-state index is 12.4. The summed E-state index contributed by atoms with van der Waals surface area (Å²) in [6.07, 6.45) is 2.54. The van der Waals surface area contributed by atoms with E-state index in [9.17, 15) is 13.2 Å². The molecule has 0 unspecified atom stereocenters. The number of nitrogens with one attached hydrogen (secondary N) is 1. The Hall–Kier alpha value is -2.25. The molecular weight excluding hydrogens is 412 g/mol. The SMILES string of the molecule is CCOc1ccccc1CCCNC(=O)CN(c1cccc(Cl)c1C)S(C)(=O)=O. The number of benzene rings is 2. The average molecular weight is 439 g/mol. The third kappa shape index (κ3) is 6.65. The van der Waals surface area contributed by atoms with E-state index in [0.29, 0.717) is 35.8 Å². The third-order valence-electron chi connectivity index (χ3n) is 4.41. The number of carbonyl (C=O) groups excluding carboxylic acids is 1. The molecule has 0 aliphatic carbocycles. The molecule has 0 spiro atoms. The molecule has 2 aromatic rings. The fourth-order valence-corrected chi connectivity index (χ4v) is 4.02. The lowest BCUT2D eigenvalue weighted by Gasteiger charge is -2.24. The van der Waals surface area contributed by atoms with Gasteiger partial charge in [-0.25, -0.2) is 8.42 Å². The zero-order chi connectivity index (χ0) is 21.4. The second-order valence-corrected chi connectivity index (χ2v) is 8.96. The van der Waals surface area contributed by atoms with Gasteiger partial charge in [0.1, 0.15) is 12.3 Å². The molecule has 29 heavy (non-hydrogen) atoms. The van der Waals surface area contributed by atoms with Gasteiger partial charge in [0.25, 0.3) is 0 Å². The first kappa shape index (κ1) is 23.0. The normalized spacial score (nSPS) is 11.2. The Kier molecular flexibility index (Phi) is 8.34. The summed E-state index contributed by atoms with van der Waals surface area (Å²) in [4.78, 5) is 12.4. The molecule has 1 amide bonds. The monoisotopic (exact) mass is 438 g/mol. The number of hydrogen-bond donors (Lipinski definition) is 1. The number of sulfonamides is 1. The summed E-state index contributed by atoms with van der Waals surface area (Å²) in [6.45, 7) is 4.40. The summed E-state index contributed by atoms with van der Waals surface area (Å²) < 4.78 is 31.1. The minimum atomic E-state index is -3.64. The minimum Gasteiger partial charge on any atom is -0.494 e. The second-order valence-electron chi connectivity index (χ2n) is 6.65. The predicted octanol–water partition coefficient (Wildman–Crippen LogP) is 3.56. The van der Waals surface area contributed by atoms with E-state index >= 15 is 0 Å². The Labute approximate surface area is 177 Å². The van der Waals surface area contributed by atoms with Crippen molar-refractivity contribution < 1.29 is 17.9 Å². The van der Waals surface area contributed by atoms with Gasteiger partial charge < -0.3 is 10.1 Å². The van der Waals surface area contributed by atoms with Gasteiger partial charge in [-0.1, -0.05) is 35.9 Å². The van der Waals surface area contributed by atoms with Crippen molar-refractivity contribution in [2.24, 2.45) is 0 Å². The van der Waals surface area contributed by atoms with Crippen LogP contribution < -0.4 is 14.4 Å². The number of anilines is 1. The van der Waals surface area contributed by atoms with Gasteiger partial charge in [0.05, 0.1) is 18.6 Å². The highest BCUT2D eigenvalue weighted by molar-refractivity contribution is 7.92. The number of aryl methyl sites for hydroxylation is 1. The quantitative estimate of drug-likeness (QED) is 0.575. The molecule has 158 valence electrons. The molecule has 8 heteroatoms. The van der Waals surface area contributed by atoms with Crippen LogP contribution >= 0.6 is 11.6 Å². The van der Waals surface area contributed by atoms with E-state index < -0.39 is 10.0 Å². The Balaban J connectivity index is 1.95. The van der Waals surface area contributed by atoms with Crippen LogP contribution in [0, 0.1) is 6.92 Å². The van der Waals surface area contributed by atoms with Crippen LogP contribution in [0.15, 0.2) is 42.5 Å². The molecule has 0 radical (unpaired) electrons. The summed E-state index contributed by atoms with van der Waals surface area (Å²) >= 11 is 6.11. The minimum absolute atomic E-state index is 0.296. The highest BCUT2D eigenvalue weighted by atomic mass is 35.5. The van der Waals surface area contributed by atoms with Crippen LogP contribution in [-0.4, -0.2) is 40.3 Å². The van der Waals surface area contributed by atoms with Gasteiger partial charge >= 0.3 is 0 Å². The Morgan fingerprint density at radius 2 is 1.90 bits per heavy atom. The Morgan fingerprint density at radius 1 is 1.17 bits per heavy atom. The lowest BCUT2D eigenvalue weighted by Crippen LogP contribution is -2.41. The number of carbonyl (C=O) groups is 1. The molecular formula is C21H27ClN2O4S. The van der Waals surface area contributed by atoms with Crippen LogP contribution in [0.25, 0.3) is 0 Å². The number of para-hydroxylation sites is 1. The Bertz CT molecular complexity index is 947. The molecule has 2 aromatic carbocycles. The standard InChI is InChI=1S/C21H27ClN2O4S/c1-4-28-20-13-6-5-9-17(20)10-8-14-23-21(25)15-24(29(3,26)27)19-12-7-11-18(22)16(19)2/h5-7,9,11-13H,4,8,10,14-15H2,1-3H3,(H,23,25).